The lowest BCUT2D eigenvalue weighted by molar-refractivity contribution is 0.0951. The molecule has 0 atom stereocenters. The molecule has 138 valence electrons. The van der Waals surface area contributed by atoms with Crippen LogP contribution in [0.1, 0.15) is 38.4 Å². The minimum absolute atomic E-state index is 0.0322. The fourth-order valence-electron chi connectivity index (χ4n) is 3.05. The first-order valence-corrected chi connectivity index (χ1v) is 8.73. The molecule has 0 aliphatic rings. The third kappa shape index (κ3) is 3.82. The van der Waals surface area contributed by atoms with E-state index in [9.17, 15) is 9.18 Å². The van der Waals surface area contributed by atoms with Crippen LogP contribution in [0.25, 0.3) is 5.69 Å². The zero-order valence-corrected chi connectivity index (χ0v) is 15.9. The van der Waals surface area contributed by atoms with E-state index in [1.165, 1.54) is 29.3 Å². The van der Waals surface area contributed by atoms with Gasteiger partial charge >= 0.3 is 0 Å². The summed E-state index contributed by atoms with van der Waals surface area (Å²) in [6.45, 7) is 8.21. The van der Waals surface area contributed by atoms with Crippen LogP contribution in [0, 0.1) is 33.5 Å². The number of hydrogen-bond acceptors (Lipinski definition) is 2. The van der Waals surface area contributed by atoms with Crippen molar-refractivity contribution in [1.82, 2.24) is 9.99 Å². The van der Waals surface area contributed by atoms with Crippen LogP contribution in [0.2, 0.25) is 0 Å². The molecule has 1 heterocycles. The Morgan fingerprint density at radius 2 is 1.78 bits per heavy atom. The summed E-state index contributed by atoms with van der Waals surface area (Å²) in [5, 5.41) is 4.00. The highest BCUT2D eigenvalue weighted by molar-refractivity contribution is 5.95. The van der Waals surface area contributed by atoms with E-state index in [1.807, 2.05) is 19.9 Å². The van der Waals surface area contributed by atoms with Gasteiger partial charge in [0.15, 0.2) is 0 Å². The summed E-state index contributed by atoms with van der Waals surface area (Å²) in [5.74, 6) is -1.15. The van der Waals surface area contributed by atoms with Gasteiger partial charge in [-0.3, -0.25) is 4.79 Å². The van der Waals surface area contributed by atoms with Crippen LogP contribution >= 0.6 is 0 Å². The Kier molecular flexibility index (Phi) is 5.21. The van der Waals surface area contributed by atoms with Crippen LogP contribution in [0.15, 0.2) is 53.6 Å². The number of benzene rings is 2. The molecule has 0 spiro atoms. The fraction of sp³-hybridized carbons (Fsp3) is 0.182. The van der Waals surface area contributed by atoms with E-state index in [2.05, 4.69) is 47.1 Å². The predicted octanol–water partition coefficient (Wildman–Crippen LogP) is 4.61. The van der Waals surface area contributed by atoms with Gasteiger partial charge in [-0.25, -0.2) is 9.82 Å². The molecule has 5 heteroatoms. The number of halogens is 1. The Hall–Kier alpha value is -3.21. The quantitative estimate of drug-likeness (QED) is 0.534. The summed E-state index contributed by atoms with van der Waals surface area (Å²) in [4.78, 5) is 12.0. The summed E-state index contributed by atoms with van der Waals surface area (Å²) in [7, 11) is 0. The third-order valence-electron chi connectivity index (χ3n) is 4.71. The summed E-state index contributed by atoms with van der Waals surface area (Å²) >= 11 is 0. The number of hydrogen-bond donors (Lipinski definition) is 1. The van der Waals surface area contributed by atoms with Gasteiger partial charge in [-0.15, -0.1) is 0 Å². The molecule has 0 bridgehead atoms. The molecular weight excluding hydrogens is 341 g/mol. The third-order valence-corrected chi connectivity index (χ3v) is 4.71. The first kappa shape index (κ1) is 18.6. The van der Waals surface area contributed by atoms with Crippen molar-refractivity contribution in [2.45, 2.75) is 27.7 Å². The minimum Gasteiger partial charge on any atom is -0.318 e. The molecule has 2 aromatic carbocycles. The highest BCUT2D eigenvalue weighted by Gasteiger charge is 2.11. The van der Waals surface area contributed by atoms with Gasteiger partial charge in [-0.2, -0.15) is 5.10 Å². The fourth-order valence-corrected chi connectivity index (χ4v) is 3.05. The van der Waals surface area contributed by atoms with Gasteiger partial charge < -0.3 is 4.57 Å². The van der Waals surface area contributed by atoms with E-state index >= 15 is 0 Å². The molecule has 0 aliphatic carbocycles. The van der Waals surface area contributed by atoms with Crippen molar-refractivity contribution < 1.29 is 9.18 Å². The number of carbonyl (C=O) groups is 1. The second kappa shape index (κ2) is 7.58. The van der Waals surface area contributed by atoms with Crippen LogP contribution in [0.3, 0.4) is 0 Å². The standard InChI is InChI=1S/C22H22FN3O/c1-14-9-10-19(11-15(14)2)26-16(3)12-18(17(26)4)13-24-25-22(27)20-7-5-6-8-21(20)23/h5-13H,1-4H3,(H,25,27)/b24-13-. The Morgan fingerprint density at radius 1 is 1.04 bits per heavy atom. The molecular formula is C22H22FN3O. The van der Waals surface area contributed by atoms with Gasteiger partial charge in [0, 0.05) is 22.6 Å². The molecule has 1 N–H and O–H groups in total. The molecule has 0 saturated heterocycles. The number of nitrogens with one attached hydrogen (secondary N) is 1. The molecule has 0 aliphatic heterocycles. The maximum atomic E-state index is 13.6. The van der Waals surface area contributed by atoms with Crippen LogP contribution < -0.4 is 5.43 Å². The monoisotopic (exact) mass is 363 g/mol. The summed E-state index contributed by atoms with van der Waals surface area (Å²) in [6.07, 6.45) is 1.58. The molecule has 3 aromatic rings. The van der Waals surface area contributed by atoms with Crippen LogP contribution in [0.4, 0.5) is 4.39 Å². The molecule has 0 unspecified atom stereocenters. The van der Waals surface area contributed by atoms with Gasteiger partial charge in [-0.05, 0) is 69.2 Å². The van der Waals surface area contributed by atoms with E-state index in [0.29, 0.717) is 0 Å². The van der Waals surface area contributed by atoms with Crippen LogP contribution in [-0.4, -0.2) is 16.7 Å². The summed E-state index contributed by atoms with van der Waals surface area (Å²) in [5.41, 5.74) is 8.88. The molecule has 1 amide bonds. The second-order valence-corrected chi connectivity index (χ2v) is 6.61. The predicted molar refractivity (Wildman–Crippen MR) is 106 cm³/mol. The van der Waals surface area contributed by atoms with Crippen molar-refractivity contribution >= 4 is 12.1 Å². The summed E-state index contributed by atoms with van der Waals surface area (Å²) < 4.78 is 15.8. The maximum Gasteiger partial charge on any atom is 0.274 e. The Balaban J connectivity index is 1.82. The average Bonchev–Trinajstić information content (AvgIpc) is 2.91. The first-order chi connectivity index (χ1) is 12.9. The number of nitrogens with zero attached hydrogens (tertiary/aromatic N) is 2. The van der Waals surface area contributed by atoms with E-state index in [-0.39, 0.29) is 5.56 Å². The number of aryl methyl sites for hydroxylation is 3. The Morgan fingerprint density at radius 3 is 2.48 bits per heavy atom. The summed E-state index contributed by atoms with van der Waals surface area (Å²) in [6, 6.07) is 14.2. The maximum absolute atomic E-state index is 13.6. The number of hydrazone groups is 1. The number of amides is 1. The lowest BCUT2D eigenvalue weighted by atomic mass is 10.1. The van der Waals surface area contributed by atoms with E-state index in [0.717, 1.165) is 22.6 Å². The molecule has 0 saturated carbocycles. The smallest absolute Gasteiger partial charge is 0.274 e. The Labute approximate surface area is 158 Å². The van der Waals surface area contributed by atoms with Gasteiger partial charge in [0.25, 0.3) is 5.91 Å². The SMILES string of the molecule is Cc1ccc(-n2c(C)cc(/C=N\NC(=O)c3ccccc3F)c2C)cc1C. The topological polar surface area (TPSA) is 46.4 Å². The molecule has 0 fully saturated rings. The zero-order chi connectivity index (χ0) is 19.6. The number of rotatable bonds is 4. The van der Waals surface area contributed by atoms with E-state index < -0.39 is 11.7 Å². The zero-order valence-electron chi connectivity index (χ0n) is 15.9. The normalized spacial score (nSPS) is 11.1. The van der Waals surface area contributed by atoms with Gasteiger partial charge in [0.2, 0.25) is 0 Å². The lowest BCUT2D eigenvalue weighted by Gasteiger charge is -2.11. The van der Waals surface area contributed by atoms with Gasteiger partial charge in [-0.1, -0.05) is 18.2 Å². The largest absolute Gasteiger partial charge is 0.318 e. The van der Waals surface area contributed by atoms with Crippen molar-refractivity contribution in [3.63, 3.8) is 0 Å². The molecule has 0 radical (unpaired) electrons. The molecule has 1 aromatic heterocycles. The first-order valence-electron chi connectivity index (χ1n) is 8.73. The molecule has 4 nitrogen and oxygen atoms in total. The highest BCUT2D eigenvalue weighted by Crippen LogP contribution is 2.21. The number of carbonyl (C=O) groups excluding carboxylic acids is 1. The van der Waals surface area contributed by atoms with Gasteiger partial charge in [0.1, 0.15) is 5.82 Å². The van der Waals surface area contributed by atoms with Crippen molar-refractivity contribution in [2.24, 2.45) is 5.10 Å². The molecule has 27 heavy (non-hydrogen) atoms. The van der Waals surface area contributed by atoms with Crippen molar-refractivity contribution in [1.29, 1.82) is 0 Å². The second-order valence-electron chi connectivity index (χ2n) is 6.61. The number of aromatic nitrogens is 1. The molecule has 3 rings (SSSR count). The van der Waals surface area contributed by atoms with Crippen LogP contribution in [0.5, 0.6) is 0 Å². The van der Waals surface area contributed by atoms with Crippen LogP contribution in [-0.2, 0) is 0 Å². The van der Waals surface area contributed by atoms with E-state index in [4.69, 9.17) is 0 Å². The van der Waals surface area contributed by atoms with Crippen molar-refractivity contribution in [3.05, 3.63) is 88.0 Å². The average molecular weight is 363 g/mol. The van der Waals surface area contributed by atoms with E-state index in [1.54, 1.807) is 12.3 Å². The van der Waals surface area contributed by atoms with Crippen molar-refractivity contribution in [2.75, 3.05) is 0 Å². The minimum atomic E-state index is -0.577. The highest BCUT2D eigenvalue weighted by atomic mass is 19.1. The Bertz CT molecular complexity index is 1030. The lowest BCUT2D eigenvalue weighted by Crippen LogP contribution is -2.18. The van der Waals surface area contributed by atoms with Crippen molar-refractivity contribution in [3.8, 4) is 5.69 Å². The van der Waals surface area contributed by atoms with Gasteiger partial charge in [0.05, 0.1) is 11.8 Å².